The van der Waals surface area contributed by atoms with Gasteiger partial charge in [0.25, 0.3) is 5.91 Å². The zero-order chi connectivity index (χ0) is 15.2. The lowest BCUT2D eigenvalue weighted by Gasteiger charge is -2.32. The van der Waals surface area contributed by atoms with E-state index in [1.54, 1.807) is 18.6 Å². The Morgan fingerprint density at radius 2 is 2.14 bits per heavy atom. The number of para-hydroxylation sites is 1. The van der Waals surface area contributed by atoms with Crippen molar-refractivity contribution in [2.75, 3.05) is 19.7 Å². The molecule has 5 nitrogen and oxygen atoms in total. The predicted octanol–water partition coefficient (Wildman–Crippen LogP) is 2.26. The predicted molar refractivity (Wildman–Crippen MR) is 82.5 cm³/mol. The summed E-state index contributed by atoms with van der Waals surface area (Å²) in [5.74, 6) is 1.01. The van der Waals surface area contributed by atoms with Crippen LogP contribution in [0.2, 0.25) is 0 Å². The van der Waals surface area contributed by atoms with Gasteiger partial charge in [-0.3, -0.25) is 14.8 Å². The topological polar surface area (TPSA) is 55.3 Å². The van der Waals surface area contributed by atoms with Crippen LogP contribution in [-0.2, 0) is 4.79 Å². The number of nitrogens with zero attached hydrogens (tertiary/aromatic N) is 3. The summed E-state index contributed by atoms with van der Waals surface area (Å²) in [6.45, 7) is 1.56. The largest absolute Gasteiger partial charge is 0.484 e. The van der Waals surface area contributed by atoms with E-state index < -0.39 is 0 Å². The molecule has 1 aliphatic heterocycles. The van der Waals surface area contributed by atoms with Gasteiger partial charge in [-0.05, 0) is 25.0 Å². The van der Waals surface area contributed by atoms with Gasteiger partial charge in [0.15, 0.2) is 6.61 Å². The number of likely N-dealkylation sites (tertiary alicyclic amines) is 1. The second kappa shape index (κ2) is 7.02. The molecule has 1 atom stereocenters. The molecule has 5 heteroatoms. The molecule has 0 saturated carbocycles. The Kier molecular flexibility index (Phi) is 4.63. The highest BCUT2D eigenvalue weighted by Crippen LogP contribution is 2.25. The maximum atomic E-state index is 12.3. The third-order valence-corrected chi connectivity index (χ3v) is 3.88. The molecule has 2 aromatic rings. The summed E-state index contributed by atoms with van der Waals surface area (Å²) in [5, 5.41) is 0. The zero-order valence-corrected chi connectivity index (χ0v) is 12.4. The van der Waals surface area contributed by atoms with Crippen molar-refractivity contribution in [1.29, 1.82) is 0 Å². The lowest BCUT2D eigenvalue weighted by Crippen LogP contribution is -2.41. The van der Waals surface area contributed by atoms with Gasteiger partial charge >= 0.3 is 0 Å². The second-order valence-electron chi connectivity index (χ2n) is 5.41. The second-order valence-corrected chi connectivity index (χ2v) is 5.41. The molecule has 1 fully saturated rings. The molecule has 1 aromatic heterocycles. The van der Waals surface area contributed by atoms with E-state index in [1.165, 1.54) is 0 Å². The third kappa shape index (κ3) is 3.61. The average molecular weight is 297 g/mol. The van der Waals surface area contributed by atoms with E-state index in [1.807, 2.05) is 35.2 Å². The molecule has 0 spiro atoms. The Bertz CT molecular complexity index is 604. The smallest absolute Gasteiger partial charge is 0.260 e. The van der Waals surface area contributed by atoms with Crippen molar-refractivity contribution in [3.63, 3.8) is 0 Å². The highest BCUT2D eigenvalue weighted by atomic mass is 16.5. The fourth-order valence-electron chi connectivity index (χ4n) is 2.72. The molecule has 1 amide bonds. The lowest BCUT2D eigenvalue weighted by atomic mass is 9.95. The number of benzene rings is 1. The molecule has 3 rings (SSSR count). The number of aromatic nitrogens is 2. The molecule has 0 aliphatic carbocycles. The number of hydrogen-bond acceptors (Lipinski definition) is 4. The molecule has 2 heterocycles. The Labute approximate surface area is 130 Å². The van der Waals surface area contributed by atoms with Gasteiger partial charge in [0.2, 0.25) is 0 Å². The van der Waals surface area contributed by atoms with Gasteiger partial charge < -0.3 is 9.64 Å². The minimum Gasteiger partial charge on any atom is -0.484 e. The number of ether oxygens (including phenoxy) is 1. The normalized spacial score (nSPS) is 18.0. The molecule has 1 unspecified atom stereocenters. The molecule has 0 N–H and O–H groups in total. The van der Waals surface area contributed by atoms with E-state index in [9.17, 15) is 4.79 Å². The van der Waals surface area contributed by atoms with Crippen LogP contribution in [0.15, 0.2) is 48.9 Å². The first kappa shape index (κ1) is 14.5. The first-order chi connectivity index (χ1) is 10.8. The van der Waals surface area contributed by atoms with Crippen LogP contribution in [0.4, 0.5) is 0 Å². The van der Waals surface area contributed by atoms with Crippen molar-refractivity contribution in [2.24, 2.45) is 0 Å². The molecule has 114 valence electrons. The van der Waals surface area contributed by atoms with E-state index >= 15 is 0 Å². The van der Waals surface area contributed by atoms with Gasteiger partial charge in [-0.2, -0.15) is 0 Å². The van der Waals surface area contributed by atoms with Gasteiger partial charge in [0, 0.05) is 37.6 Å². The Balaban J connectivity index is 1.56. The zero-order valence-electron chi connectivity index (χ0n) is 12.4. The number of piperidine rings is 1. The maximum Gasteiger partial charge on any atom is 0.260 e. The van der Waals surface area contributed by atoms with Crippen molar-refractivity contribution in [2.45, 2.75) is 18.8 Å². The van der Waals surface area contributed by atoms with Crippen LogP contribution in [0.1, 0.15) is 24.5 Å². The Morgan fingerprint density at radius 3 is 2.91 bits per heavy atom. The Morgan fingerprint density at radius 1 is 1.27 bits per heavy atom. The van der Waals surface area contributed by atoms with E-state index in [0.29, 0.717) is 6.54 Å². The average Bonchev–Trinajstić information content (AvgIpc) is 2.61. The minimum atomic E-state index is 0.0254. The van der Waals surface area contributed by atoms with Crippen LogP contribution >= 0.6 is 0 Å². The highest BCUT2D eigenvalue weighted by Gasteiger charge is 2.25. The Hall–Kier alpha value is -2.43. The molecular formula is C17H19N3O2. The molecule has 1 aromatic carbocycles. The van der Waals surface area contributed by atoms with Gasteiger partial charge in [0.05, 0.1) is 5.69 Å². The molecule has 1 saturated heterocycles. The van der Waals surface area contributed by atoms with Crippen molar-refractivity contribution in [3.05, 3.63) is 54.6 Å². The summed E-state index contributed by atoms with van der Waals surface area (Å²) < 4.78 is 5.54. The van der Waals surface area contributed by atoms with Gasteiger partial charge in [-0.1, -0.05) is 18.2 Å². The number of carbonyl (C=O) groups excluding carboxylic acids is 1. The van der Waals surface area contributed by atoms with Crippen molar-refractivity contribution < 1.29 is 9.53 Å². The monoisotopic (exact) mass is 297 g/mol. The summed E-state index contributed by atoms with van der Waals surface area (Å²) in [6.07, 6.45) is 7.19. The van der Waals surface area contributed by atoms with Crippen LogP contribution in [0, 0.1) is 0 Å². The standard InChI is InChI=1S/C17H19N3O2/c21-17(13-22-15-6-2-1-3-7-15)20-10-4-5-14(12-20)16-11-18-8-9-19-16/h1-3,6-9,11,14H,4-5,10,12-13H2. The SMILES string of the molecule is O=C(COc1ccccc1)N1CCCC(c2cnccn2)C1. The fraction of sp³-hybridized carbons (Fsp3) is 0.353. The van der Waals surface area contributed by atoms with Gasteiger partial charge in [0.1, 0.15) is 5.75 Å². The van der Waals surface area contributed by atoms with Crippen LogP contribution in [-0.4, -0.2) is 40.5 Å². The summed E-state index contributed by atoms with van der Waals surface area (Å²) in [5.41, 5.74) is 0.962. The third-order valence-electron chi connectivity index (χ3n) is 3.88. The molecule has 1 aliphatic rings. The maximum absolute atomic E-state index is 12.3. The molecule has 22 heavy (non-hydrogen) atoms. The highest BCUT2D eigenvalue weighted by molar-refractivity contribution is 5.78. The fourth-order valence-corrected chi connectivity index (χ4v) is 2.72. The van der Waals surface area contributed by atoms with Crippen LogP contribution in [0.3, 0.4) is 0 Å². The van der Waals surface area contributed by atoms with Crippen molar-refractivity contribution in [3.8, 4) is 5.75 Å². The minimum absolute atomic E-state index is 0.0254. The summed E-state index contributed by atoms with van der Waals surface area (Å²) >= 11 is 0. The van der Waals surface area contributed by atoms with E-state index in [2.05, 4.69) is 9.97 Å². The van der Waals surface area contributed by atoms with Crippen LogP contribution < -0.4 is 4.74 Å². The summed E-state index contributed by atoms with van der Waals surface area (Å²) in [7, 11) is 0. The van der Waals surface area contributed by atoms with Crippen LogP contribution in [0.5, 0.6) is 5.75 Å². The van der Waals surface area contributed by atoms with Crippen LogP contribution in [0.25, 0.3) is 0 Å². The van der Waals surface area contributed by atoms with Gasteiger partial charge in [-0.15, -0.1) is 0 Å². The summed E-state index contributed by atoms with van der Waals surface area (Å²) in [6, 6.07) is 9.41. The first-order valence-corrected chi connectivity index (χ1v) is 7.54. The number of amides is 1. The molecular weight excluding hydrogens is 278 g/mol. The van der Waals surface area contributed by atoms with E-state index in [0.717, 1.165) is 30.8 Å². The number of rotatable bonds is 4. The number of hydrogen-bond donors (Lipinski definition) is 0. The van der Waals surface area contributed by atoms with Crippen molar-refractivity contribution in [1.82, 2.24) is 14.9 Å². The van der Waals surface area contributed by atoms with Crippen molar-refractivity contribution >= 4 is 5.91 Å². The molecule has 0 radical (unpaired) electrons. The lowest BCUT2D eigenvalue weighted by molar-refractivity contribution is -0.134. The van der Waals surface area contributed by atoms with E-state index in [-0.39, 0.29) is 18.4 Å². The van der Waals surface area contributed by atoms with E-state index in [4.69, 9.17) is 4.74 Å². The quantitative estimate of drug-likeness (QED) is 0.868. The molecule has 0 bridgehead atoms. The summed E-state index contributed by atoms with van der Waals surface area (Å²) in [4.78, 5) is 22.7. The van der Waals surface area contributed by atoms with Gasteiger partial charge in [-0.25, -0.2) is 0 Å². The first-order valence-electron chi connectivity index (χ1n) is 7.54. The number of carbonyl (C=O) groups is 1.